The van der Waals surface area contributed by atoms with Crippen molar-refractivity contribution in [3.8, 4) is 0 Å². The summed E-state index contributed by atoms with van der Waals surface area (Å²) < 4.78 is 1.83. The predicted octanol–water partition coefficient (Wildman–Crippen LogP) is 2.35. The third kappa shape index (κ3) is 7.56. The van der Waals surface area contributed by atoms with E-state index in [1.165, 1.54) is 0 Å². The summed E-state index contributed by atoms with van der Waals surface area (Å²) in [5.41, 5.74) is 0.651. The molecule has 0 aliphatic heterocycles. The minimum absolute atomic E-state index is 0.00354. The molecular formula is C19H35N5O2. The van der Waals surface area contributed by atoms with E-state index in [0.29, 0.717) is 12.1 Å². The molecule has 1 rings (SSSR count). The number of aromatic nitrogens is 2. The molecule has 7 nitrogen and oxygen atoms in total. The van der Waals surface area contributed by atoms with Gasteiger partial charge in [0.2, 0.25) is 11.8 Å². The molecule has 26 heavy (non-hydrogen) atoms. The lowest BCUT2D eigenvalue weighted by Gasteiger charge is -2.21. The Morgan fingerprint density at radius 2 is 1.85 bits per heavy atom. The first kappa shape index (κ1) is 22.2. The molecule has 0 saturated heterocycles. The molecular weight excluding hydrogens is 330 g/mol. The van der Waals surface area contributed by atoms with Gasteiger partial charge in [-0.3, -0.25) is 14.3 Å². The summed E-state index contributed by atoms with van der Waals surface area (Å²) in [7, 11) is 0. The van der Waals surface area contributed by atoms with Crippen molar-refractivity contribution >= 4 is 17.5 Å². The fourth-order valence-corrected chi connectivity index (χ4v) is 2.69. The molecule has 148 valence electrons. The van der Waals surface area contributed by atoms with Crippen molar-refractivity contribution in [2.75, 3.05) is 25.0 Å². The lowest BCUT2D eigenvalue weighted by molar-refractivity contribution is -0.127. The van der Waals surface area contributed by atoms with E-state index in [1.54, 1.807) is 6.20 Å². The molecule has 2 amide bonds. The van der Waals surface area contributed by atoms with Gasteiger partial charge in [-0.1, -0.05) is 41.5 Å². The van der Waals surface area contributed by atoms with Gasteiger partial charge in [-0.05, 0) is 24.9 Å². The van der Waals surface area contributed by atoms with Crippen molar-refractivity contribution in [2.24, 2.45) is 11.8 Å². The average Bonchev–Trinajstić information content (AvgIpc) is 3.00. The molecule has 1 aromatic rings. The van der Waals surface area contributed by atoms with Gasteiger partial charge in [0.15, 0.2) is 0 Å². The molecule has 0 saturated carbocycles. The van der Waals surface area contributed by atoms with Crippen LogP contribution in [0.1, 0.15) is 48.0 Å². The van der Waals surface area contributed by atoms with Crippen LogP contribution in [0.15, 0.2) is 12.4 Å². The zero-order valence-electron chi connectivity index (χ0n) is 17.1. The third-order valence-corrected chi connectivity index (χ3v) is 4.30. The summed E-state index contributed by atoms with van der Waals surface area (Å²) in [5, 5.41) is 10.0. The van der Waals surface area contributed by atoms with Crippen LogP contribution in [0.4, 0.5) is 5.69 Å². The maximum absolute atomic E-state index is 12.6. The fourth-order valence-electron chi connectivity index (χ4n) is 2.69. The van der Waals surface area contributed by atoms with Gasteiger partial charge in [-0.2, -0.15) is 5.10 Å². The zero-order valence-corrected chi connectivity index (χ0v) is 17.1. The van der Waals surface area contributed by atoms with Crippen molar-refractivity contribution < 1.29 is 9.59 Å². The first-order chi connectivity index (χ1) is 12.3. The minimum atomic E-state index is -0.555. The van der Waals surface area contributed by atoms with Crippen LogP contribution in [-0.2, 0) is 16.1 Å². The maximum Gasteiger partial charge on any atom is 0.247 e. The largest absolute Gasteiger partial charge is 0.344 e. The van der Waals surface area contributed by atoms with Crippen LogP contribution in [0.2, 0.25) is 0 Å². The number of amides is 2. The maximum atomic E-state index is 12.6. The molecule has 0 aliphatic carbocycles. The number of anilines is 1. The highest BCUT2D eigenvalue weighted by molar-refractivity contribution is 5.97. The Morgan fingerprint density at radius 3 is 2.38 bits per heavy atom. The lowest BCUT2D eigenvalue weighted by atomic mass is 10.0. The van der Waals surface area contributed by atoms with Gasteiger partial charge in [0.25, 0.3) is 0 Å². The molecule has 1 heterocycles. The zero-order chi connectivity index (χ0) is 19.7. The summed E-state index contributed by atoms with van der Waals surface area (Å²) in [6.07, 6.45) is 3.89. The molecule has 7 heteroatoms. The number of nitrogens with zero attached hydrogens (tertiary/aromatic N) is 3. The Bertz CT molecular complexity index is 564. The molecule has 0 aliphatic rings. The molecule has 1 aromatic heterocycles. The molecule has 1 atom stereocenters. The van der Waals surface area contributed by atoms with Gasteiger partial charge in [0.1, 0.15) is 6.04 Å². The van der Waals surface area contributed by atoms with Crippen molar-refractivity contribution in [3.05, 3.63) is 12.4 Å². The molecule has 1 unspecified atom stereocenters. The number of carbonyl (C=O) groups excluding carboxylic acids is 2. The highest BCUT2D eigenvalue weighted by atomic mass is 16.2. The second-order valence-corrected chi connectivity index (χ2v) is 7.40. The van der Waals surface area contributed by atoms with E-state index < -0.39 is 6.04 Å². The van der Waals surface area contributed by atoms with Gasteiger partial charge < -0.3 is 15.5 Å². The molecule has 0 spiro atoms. The quantitative estimate of drug-likeness (QED) is 0.631. The van der Waals surface area contributed by atoms with Crippen LogP contribution in [0.25, 0.3) is 0 Å². The number of rotatable bonds is 11. The number of hydrogen-bond acceptors (Lipinski definition) is 4. The van der Waals surface area contributed by atoms with Crippen molar-refractivity contribution in [1.82, 2.24) is 20.0 Å². The Labute approximate surface area is 157 Å². The number of likely N-dealkylation sites (N-methyl/N-ethyl adjacent to an activating group) is 1. The Kier molecular flexibility index (Phi) is 9.34. The van der Waals surface area contributed by atoms with E-state index in [1.807, 2.05) is 38.6 Å². The molecule has 0 bridgehead atoms. The Hall–Kier alpha value is -1.89. The van der Waals surface area contributed by atoms with Crippen LogP contribution < -0.4 is 10.6 Å². The summed E-state index contributed by atoms with van der Waals surface area (Å²) in [6, 6.07) is -0.555. The first-order valence-electron chi connectivity index (χ1n) is 9.61. The van der Waals surface area contributed by atoms with Gasteiger partial charge in [-0.25, -0.2) is 0 Å². The van der Waals surface area contributed by atoms with Crippen molar-refractivity contribution in [2.45, 2.75) is 60.5 Å². The summed E-state index contributed by atoms with van der Waals surface area (Å²) in [4.78, 5) is 26.9. The monoisotopic (exact) mass is 365 g/mol. The van der Waals surface area contributed by atoms with E-state index in [2.05, 4.69) is 34.5 Å². The van der Waals surface area contributed by atoms with E-state index >= 15 is 0 Å². The van der Waals surface area contributed by atoms with E-state index in [0.717, 1.165) is 26.2 Å². The normalized spacial score (nSPS) is 12.7. The Morgan fingerprint density at radius 1 is 1.19 bits per heavy atom. The van der Waals surface area contributed by atoms with Crippen LogP contribution in [0.3, 0.4) is 0 Å². The van der Waals surface area contributed by atoms with E-state index in [4.69, 9.17) is 0 Å². The van der Waals surface area contributed by atoms with Gasteiger partial charge in [0.05, 0.1) is 18.4 Å². The summed E-state index contributed by atoms with van der Waals surface area (Å²) in [5.74, 6) is -0.0390. The van der Waals surface area contributed by atoms with Crippen LogP contribution in [0, 0.1) is 11.8 Å². The van der Waals surface area contributed by atoms with E-state index in [-0.39, 0.29) is 23.7 Å². The van der Waals surface area contributed by atoms with Crippen LogP contribution >= 0.6 is 0 Å². The Balaban J connectivity index is 2.62. The smallest absolute Gasteiger partial charge is 0.247 e. The van der Waals surface area contributed by atoms with Gasteiger partial charge >= 0.3 is 0 Å². The first-order valence-corrected chi connectivity index (χ1v) is 9.61. The molecule has 0 aromatic carbocycles. The molecule has 0 fully saturated rings. The predicted molar refractivity (Wildman–Crippen MR) is 105 cm³/mol. The topological polar surface area (TPSA) is 79.3 Å². The SMILES string of the molecule is CCN(CC)CCn1cc(NC(=O)C(NC(=O)CC(C)C)C(C)C)cn1. The fraction of sp³-hybridized carbons (Fsp3) is 0.737. The number of carbonyl (C=O) groups is 2. The van der Waals surface area contributed by atoms with Crippen LogP contribution in [-0.4, -0.2) is 52.2 Å². The number of nitrogens with one attached hydrogen (secondary N) is 2. The average molecular weight is 366 g/mol. The second kappa shape index (κ2) is 11.0. The molecule has 0 radical (unpaired) electrons. The second-order valence-electron chi connectivity index (χ2n) is 7.40. The summed E-state index contributed by atoms with van der Waals surface area (Å²) >= 11 is 0. The van der Waals surface area contributed by atoms with Crippen LogP contribution in [0.5, 0.6) is 0 Å². The van der Waals surface area contributed by atoms with Crippen molar-refractivity contribution in [1.29, 1.82) is 0 Å². The van der Waals surface area contributed by atoms with E-state index in [9.17, 15) is 9.59 Å². The standard InChI is InChI=1S/C19H35N5O2/c1-7-23(8-2)9-10-24-13-16(12-20-24)21-19(26)18(15(5)6)22-17(25)11-14(3)4/h12-15,18H,7-11H2,1-6H3,(H,21,26)(H,22,25). The van der Waals surface area contributed by atoms with Gasteiger partial charge in [0, 0.05) is 19.2 Å². The van der Waals surface area contributed by atoms with Crippen molar-refractivity contribution in [3.63, 3.8) is 0 Å². The third-order valence-electron chi connectivity index (χ3n) is 4.30. The lowest BCUT2D eigenvalue weighted by Crippen LogP contribution is -2.47. The van der Waals surface area contributed by atoms with Gasteiger partial charge in [-0.15, -0.1) is 0 Å². The summed E-state index contributed by atoms with van der Waals surface area (Å²) in [6.45, 7) is 15.8. The number of hydrogen-bond donors (Lipinski definition) is 2. The molecule has 2 N–H and O–H groups in total. The highest BCUT2D eigenvalue weighted by Gasteiger charge is 2.24. The highest BCUT2D eigenvalue weighted by Crippen LogP contribution is 2.10. The minimum Gasteiger partial charge on any atom is -0.344 e.